The van der Waals surface area contributed by atoms with E-state index in [0.717, 1.165) is 14.9 Å². The number of urea groups is 1. The van der Waals surface area contributed by atoms with Gasteiger partial charge in [-0.05, 0) is 72.7 Å². The van der Waals surface area contributed by atoms with Crippen LogP contribution in [0, 0.1) is 0 Å². The zero-order chi connectivity index (χ0) is 26.5. The van der Waals surface area contributed by atoms with Gasteiger partial charge in [-0.2, -0.15) is 0 Å². The monoisotopic (exact) mass is 564 g/mol. The Bertz CT molecular complexity index is 1400. The first-order valence-corrected chi connectivity index (χ1v) is 11.9. The van der Waals surface area contributed by atoms with Crippen LogP contribution < -0.4 is 19.7 Å². The van der Waals surface area contributed by atoms with Gasteiger partial charge in [0.25, 0.3) is 11.8 Å². The maximum atomic E-state index is 13.1. The van der Waals surface area contributed by atoms with E-state index < -0.39 is 23.8 Å². The number of ether oxygens (including phenoxy) is 2. The summed E-state index contributed by atoms with van der Waals surface area (Å²) in [5.41, 5.74) is 1.54. The predicted octanol–water partition coefficient (Wildman–Crippen LogP) is 4.79. The van der Waals surface area contributed by atoms with Gasteiger partial charge in [-0.25, -0.2) is 14.5 Å². The summed E-state index contributed by atoms with van der Waals surface area (Å²) in [6.07, 6.45) is 1.38. The fourth-order valence-electron chi connectivity index (χ4n) is 3.56. The quantitative estimate of drug-likeness (QED) is 0.298. The van der Waals surface area contributed by atoms with Crippen molar-refractivity contribution in [2.24, 2.45) is 0 Å². The lowest BCUT2D eigenvalue weighted by atomic mass is 10.1. The van der Waals surface area contributed by atoms with E-state index in [2.05, 4.69) is 21.2 Å². The topological polar surface area (TPSA) is 122 Å². The van der Waals surface area contributed by atoms with Crippen molar-refractivity contribution in [2.75, 3.05) is 11.5 Å². The number of carbonyl (C=O) groups excluding carboxylic acids is 3. The molecular formula is C27H21BrN2O7. The minimum Gasteiger partial charge on any atom is -0.490 e. The van der Waals surface area contributed by atoms with Gasteiger partial charge in [0.1, 0.15) is 12.2 Å². The van der Waals surface area contributed by atoms with Crippen LogP contribution >= 0.6 is 15.9 Å². The van der Waals surface area contributed by atoms with Gasteiger partial charge in [0.05, 0.1) is 17.9 Å². The third-order valence-corrected chi connectivity index (χ3v) is 5.89. The molecule has 1 heterocycles. The van der Waals surface area contributed by atoms with Crippen LogP contribution in [-0.4, -0.2) is 35.5 Å². The number of anilines is 1. The SMILES string of the molecule is CCOc1cc(/C=C2\C(=O)NC(=O)N(c3ccc(Br)cc3)C2=O)ccc1OCc1ccc(C(=O)O)cc1. The zero-order valence-electron chi connectivity index (χ0n) is 19.6. The molecule has 1 aliphatic heterocycles. The molecule has 0 saturated carbocycles. The average molecular weight is 565 g/mol. The van der Waals surface area contributed by atoms with Gasteiger partial charge in [0, 0.05) is 4.47 Å². The predicted molar refractivity (Wildman–Crippen MR) is 138 cm³/mol. The van der Waals surface area contributed by atoms with Gasteiger partial charge < -0.3 is 14.6 Å². The van der Waals surface area contributed by atoms with Gasteiger partial charge >= 0.3 is 12.0 Å². The fourth-order valence-corrected chi connectivity index (χ4v) is 3.82. The molecule has 0 unspecified atom stereocenters. The molecule has 0 aromatic heterocycles. The first-order valence-electron chi connectivity index (χ1n) is 11.2. The second-order valence-electron chi connectivity index (χ2n) is 7.86. The molecule has 1 aliphatic rings. The Morgan fingerprint density at radius 1 is 0.973 bits per heavy atom. The molecule has 2 N–H and O–H groups in total. The lowest BCUT2D eigenvalue weighted by Gasteiger charge is -2.26. The number of barbiturate groups is 1. The van der Waals surface area contributed by atoms with Gasteiger partial charge in [0.15, 0.2) is 11.5 Å². The van der Waals surface area contributed by atoms with Crippen molar-refractivity contribution in [3.63, 3.8) is 0 Å². The smallest absolute Gasteiger partial charge is 0.335 e. The molecule has 3 aromatic rings. The zero-order valence-corrected chi connectivity index (χ0v) is 21.2. The third-order valence-electron chi connectivity index (χ3n) is 5.36. The van der Waals surface area contributed by atoms with Gasteiger partial charge in [0.2, 0.25) is 0 Å². The number of imide groups is 2. The number of benzene rings is 3. The maximum Gasteiger partial charge on any atom is 0.335 e. The number of nitrogens with one attached hydrogen (secondary N) is 1. The fraction of sp³-hybridized carbons (Fsp3) is 0.111. The summed E-state index contributed by atoms with van der Waals surface area (Å²) in [6.45, 7) is 2.32. The molecule has 10 heteroatoms. The Morgan fingerprint density at radius 3 is 2.32 bits per heavy atom. The number of halogens is 1. The van der Waals surface area contributed by atoms with E-state index in [-0.39, 0.29) is 17.7 Å². The second kappa shape index (κ2) is 11.1. The number of carboxylic acids is 1. The van der Waals surface area contributed by atoms with Crippen molar-refractivity contribution in [2.45, 2.75) is 13.5 Å². The van der Waals surface area contributed by atoms with E-state index in [0.29, 0.717) is 29.4 Å². The molecule has 0 atom stereocenters. The Kier molecular flexibility index (Phi) is 7.69. The van der Waals surface area contributed by atoms with Crippen LogP contribution in [0.3, 0.4) is 0 Å². The number of carbonyl (C=O) groups is 4. The average Bonchev–Trinajstić information content (AvgIpc) is 2.87. The molecular weight excluding hydrogens is 544 g/mol. The molecule has 4 rings (SSSR count). The van der Waals surface area contributed by atoms with Crippen LogP contribution in [0.2, 0.25) is 0 Å². The van der Waals surface area contributed by atoms with E-state index in [1.54, 1.807) is 61.5 Å². The molecule has 0 bridgehead atoms. The van der Waals surface area contributed by atoms with Crippen LogP contribution in [0.4, 0.5) is 10.5 Å². The van der Waals surface area contributed by atoms with Crippen LogP contribution in [0.25, 0.3) is 6.08 Å². The van der Waals surface area contributed by atoms with E-state index in [4.69, 9.17) is 14.6 Å². The van der Waals surface area contributed by atoms with Crippen molar-refractivity contribution in [1.29, 1.82) is 0 Å². The van der Waals surface area contributed by atoms with Gasteiger partial charge in [-0.1, -0.05) is 34.1 Å². The Morgan fingerprint density at radius 2 is 1.68 bits per heavy atom. The second-order valence-corrected chi connectivity index (χ2v) is 8.78. The molecule has 0 spiro atoms. The van der Waals surface area contributed by atoms with Crippen molar-refractivity contribution in [1.82, 2.24) is 5.32 Å². The minimum absolute atomic E-state index is 0.172. The lowest BCUT2D eigenvalue weighted by molar-refractivity contribution is -0.122. The first kappa shape index (κ1) is 25.6. The van der Waals surface area contributed by atoms with Crippen molar-refractivity contribution >= 4 is 51.5 Å². The molecule has 1 saturated heterocycles. The molecule has 0 radical (unpaired) electrons. The summed E-state index contributed by atoms with van der Waals surface area (Å²) >= 11 is 3.31. The van der Waals surface area contributed by atoms with Gasteiger partial charge in [-0.3, -0.25) is 14.9 Å². The highest BCUT2D eigenvalue weighted by molar-refractivity contribution is 9.10. The molecule has 4 amide bonds. The number of carboxylic acid groups (broad SMARTS) is 1. The number of hydrogen-bond donors (Lipinski definition) is 2. The standard InChI is InChI=1S/C27H21BrN2O7/c1-2-36-23-14-17(5-12-22(23)37-15-16-3-6-18(7-4-16)26(33)34)13-21-24(31)29-27(35)30(25(21)32)20-10-8-19(28)9-11-20/h3-14H,2,15H2,1H3,(H,33,34)(H,29,31,35)/b21-13+. The number of hydrogen-bond acceptors (Lipinski definition) is 6. The van der Waals surface area contributed by atoms with Crippen LogP contribution in [-0.2, 0) is 16.2 Å². The molecule has 0 aliphatic carbocycles. The van der Waals surface area contributed by atoms with E-state index >= 15 is 0 Å². The number of nitrogens with zero attached hydrogens (tertiary/aromatic N) is 1. The van der Waals surface area contributed by atoms with Crippen LogP contribution in [0.5, 0.6) is 11.5 Å². The van der Waals surface area contributed by atoms with Crippen molar-refractivity contribution < 1.29 is 33.8 Å². The first-order chi connectivity index (χ1) is 17.8. The van der Waals surface area contributed by atoms with E-state index in [1.807, 2.05) is 0 Å². The molecule has 188 valence electrons. The molecule has 9 nitrogen and oxygen atoms in total. The number of amides is 4. The van der Waals surface area contributed by atoms with Crippen LogP contribution in [0.15, 0.2) is 76.8 Å². The maximum absolute atomic E-state index is 13.1. The molecule has 3 aromatic carbocycles. The summed E-state index contributed by atoms with van der Waals surface area (Å²) in [6, 6.07) is 16.9. The number of rotatable bonds is 8. The van der Waals surface area contributed by atoms with Crippen molar-refractivity contribution in [3.05, 3.63) is 93.5 Å². The Balaban J connectivity index is 1.57. The summed E-state index contributed by atoms with van der Waals surface area (Å²) in [5.74, 6) is -1.74. The largest absolute Gasteiger partial charge is 0.490 e. The number of aromatic carboxylic acids is 1. The highest BCUT2D eigenvalue weighted by Crippen LogP contribution is 2.31. The summed E-state index contributed by atoms with van der Waals surface area (Å²) in [4.78, 5) is 49.9. The van der Waals surface area contributed by atoms with E-state index in [9.17, 15) is 19.2 Å². The van der Waals surface area contributed by atoms with E-state index in [1.165, 1.54) is 18.2 Å². The lowest BCUT2D eigenvalue weighted by Crippen LogP contribution is -2.54. The highest BCUT2D eigenvalue weighted by atomic mass is 79.9. The van der Waals surface area contributed by atoms with Crippen LogP contribution in [0.1, 0.15) is 28.4 Å². The molecule has 1 fully saturated rings. The normalized spacial score (nSPS) is 14.5. The Labute approximate surface area is 220 Å². The minimum atomic E-state index is -1.01. The summed E-state index contributed by atoms with van der Waals surface area (Å²) in [5, 5.41) is 11.2. The third kappa shape index (κ3) is 5.87. The summed E-state index contributed by atoms with van der Waals surface area (Å²) < 4.78 is 12.3. The molecule has 37 heavy (non-hydrogen) atoms. The highest BCUT2D eigenvalue weighted by Gasteiger charge is 2.36. The van der Waals surface area contributed by atoms with Gasteiger partial charge in [-0.15, -0.1) is 0 Å². The Hall–Kier alpha value is -4.44. The summed E-state index contributed by atoms with van der Waals surface area (Å²) in [7, 11) is 0. The van der Waals surface area contributed by atoms with Crippen molar-refractivity contribution in [3.8, 4) is 11.5 Å².